The molecule has 2 heterocycles. The molecule has 2 aromatic rings. The molecular formula is C26H26F5N3O5. The number of rotatable bonds is 7. The lowest BCUT2D eigenvalue weighted by atomic mass is 9.76. The molecule has 1 aromatic heterocycles. The van der Waals surface area contributed by atoms with Crippen molar-refractivity contribution in [3.05, 3.63) is 53.4 Å². The van der Waals surface area contributed by atoms with Gasteiger partial charge in [0.15, 0.2) is 17.2 Å². The highest BCUT2D eigenvalue weighted by molar-refractivity contribution is 5.97. The van der Waals surface area contributed by atoms with E-state index in [-0.39, 0.29) is 41.5 Å². The first kappa shape index (κ1) is 28.4. The highest BCUT2D eigenvalue weighted by Crippen LogP contribution is 2.55. The SMILES string of the molecule is CC(=O)C1CC(Oc2c([C@H]3[C@H](C(=O)Nc4ccnc(C(N)=O)c4)O[C@@](C)(C(F)(F)F)[C@H]3C)ccc(F)c2F)C1. The number of primary amides is 1. The number of Topliss-reactive ketones (excluding diaryl/α,β-unsaturated/α-hetero) is 1. The molecule has 4 atom stereocenters. The average molecular weight is 556 g/mol. The van der Waals surface area contributed by atoms with E-state index in [0.717, 1.165) is 25.1 Å². The predicted octanol–water partition coefficient (Wildman–Crippen LogP) is 4.28. The van der Waals surface area contributed by atoms with Crippen LogP contribution in [0.4, 0.5) is 27.6 Å². The normalized spacial score (nSPS) is 28.5. The maximum absolute atomic E-state index is 15.1. The van der Waals surface area contributed by atoms with Gasteiger partial charge in [-0.2, -0.15) is 17.6 Å². The third-order valence-corrected chi connectivity index (χ3v) is 7.60. The van der Waals surface area contributed by atoms with Gasteiger partial charge < -0.3 is 20.5 Å². The fourth-order valence-electron chi connectivity index (χ4n) is 4.97. The second-order valence-corrected chi connectivity index (χ2v) is 10.0. The number of ether oxygens (including phenoxy) is 2. The van der Waals surface area contributed by atoms with Crippen LogP contribution in [-0.2, 0) is 14.3 Å². The first-order valence-corrected chi connectivity index (χ1v) is 12.1. The van der Waals surface area contributed by atoms with E-state index in [1.54, 1.807) is 0 Å². The Bertz CT molecular complexity index is 1310. The van der Waals surface area contributed by atoms with Crippen molar-refractivity contribution in [1.29, 1.82) is 0 Å². The summed E-state index contributed by atoms with van der Waals surface area (Å²) < 4.78 is 83.0. The van der Waals surface area contributed by atoms with Crippen LogP contribution in [0.5, 0.6) is 5.75 Å². The molecule has 39 heavy (non-hydrogen) atoms. The first-order chi connectivity index (χ1) is 18.1. The Morgan fingerprint density at radius 1 is 1.18 bits per heavy atom. The van der Waals surface area contributed by atoms with Crippen LogP contribution < -0.4 is 15.8 Å². The quantitative estimate of drug-likeness (QED) is 0.492. The van der Waals surface area contributed by atoms with Gasteiger partial charge in [0.2, 0.25) is 5.82 Å². The number of nitrogens with two attached hydrogens (primary N) is 1. The fraction of sp³-hybridized carbons (Fsp3) is 0.462. The molecule has 8 nitrogen and oxygen atoms in total. The number of anilines is 1. The molecule has 4 rings (SSSR count). The number of carbonyl (C=O) groups excluding carboxylic acids is 3. The summed E-state index contributed by atoms with van der Waals surface area (Å²) >= 11 is 0. The van der Waals surface area contributed by atoms with Crippen molar-refractivity contribution in [3.8, 4) is 5.75 Å². The van der Waals surface area contributed by atoms with Gasteiger partial charge >= 0.3 is 6.18 Å². The number of nitrogens with one attached hydrogen (secondary N) is 1. The van der Waals surface area contributed by atoms with Crippen molar-refractivity contribution in [2.75, 3.05) is 5.32 Å². The molecular weight excluding hydrogens is 529 g/mol. The minimum Gasteiger partial charge on any atom is -0.487 e. The van der Waals surface area contributed by atoms with Crippen molar-refractivity contribution < 1.29 is 45.8 Å². The molecule has 0 spiro atoms. The molecule has 210 valence electrons. The van der Waals surface area contributed by atoms with E-state index >= 15 is 4.39 Å². The summed E-state index contributed by atoms with van der Waals surface area (Å²) in [4.78, 5) is 40.1. The number of hydrogen-bond donors (Lipinski definition) is 2. The van der Waals surface area contributed by atoms with E-state index in [1.165, 1.54) is 26.1 Å². The monoisotopic (exact) mass is 555 g/mol. The molecule has 0 bridgehead atoms. The number of halogens is 5. The third-order valence-electron chi connectivity index (χ3n) is 7.60. The highest BCUT2D eigenvalue weighted by Gasteiger charge is 2.66. The molecule has 1 aliphatic carbocycles. The number of nitrogens with zero attached hydrogens (tertiary/aromatic N) is 1. The smallest absolute Gasteiger partial charge is 0.417 e. The van der Waals surface area contributed by atoms with Crippen LogP contribution in [0.3, 0.4) is 0 Å². The van der Waals surface area contributed by atoms with Crippen LogP contribution in [0.25, 0.3) is 0 Å². The standard InChI is InChI=1S/C26H26F5N3O5/c1-11-19(16-4-5-17(27)20(28)21(16)38-15-8-13(9-15)12(2)35)22(39-25(11,3)26(29,30)31)24(37)34-14-6-7-33-18(10-14)23(32)36/h4-7,10-11,13,15,19,22H,8-9H2,1-3H3,(H2,32,36)(H,33,34,37)/t11-,13?,15?,19-,22+,25+/m0/s1. The zero-order valence-corrected chi connectivity index (χ0v) is 21.1. The number of benzene rings is 1. The van der Waals surface area contributed by atoms with Crippen molar-refractivity contribution >= 4 is 23.3 Å². The summed E-state index contributed by atoms with van der Waals surface area (Å²) in [7, 11) is 0. The molecule has 3 N–H and O–H groups in total. The maximum atomic E-state index is 15.1. The summed E-state index contributed by atoms with van der Waals surface area (Å²) in [5.41, 5.74) is 1.97. The fourth-order valence-corrected chi connectivity index (χ4v) is 4.97. The lowest BCUT2D eigenvalue weighted by Crippen LogP contribution is -2.47. The molecule has 1 saturated carbocycles. The number of hydrogen-bond acceptors (Lipinski definition) is 6. The van der Waals surface area contributed by atoms with E-state index in [2.05, 4.69) is 10.3 Å². The predicted molar refractivity (Wildman–Crippen MR) is 127 cm³/mol. The molecule has 2 aliphatic rings. The molecule has 0 unspecified atom stereocenters. The summed E-state index contributed by atoms with van der Waals surface area (Å²) in [6.07, 6.45) is -5.80. The lowest BCUT2D eigenvalue weighted by molar-refractivity contribution is -0.272. The number of alkyl halides is 3. The number of pyridine rings is 1. The van der Waals surface area contributed by atoms with E-state index in [1.807, 2.05) is 0 Å². The van der Waals surface area contributed by atoms with E-state index in [9.17, 15) is 31.9 Å². The van der Waals surface area contributed by atoms with E-state index in [0.29, 0.717) is 0 Å². The second kappa shape index (κ2) is 10.2. The summed E-state index contributed by atoms with van der Waals surface area (Å²) in [6.45, 7) is 3.37. The topological polar surface area (TPSA) is 121 Å². The molecule has 1 aromatic carbocycles. The van der Waals surface area contributed by atoms with Crippen LogP contribution in [0, 0.1) is 23.5 Å². The Morgan fingerprint density at radius 2 is 1.85 bits per heavy atom. The Hall–Kier alpha value is -3.61. The zero-order valence-electron chi connectivity index (χ0n) is 21.1. The molecule has 2 amide bonds. The van der Waals surface area contributed by atoms with Gasteiger partial charge in [-0.05, 0) is 44.9 Å². The van der Waals surface area contributed by atoms with Gasteiger partial charge in [-0.3, -0.25) is 19.4 Å². The minimum absolute atomic E-state index is 0.00548. The molecule has 1 saturated heterocycles. The minimum atomic E-state index is -4.93. The van der Waals surface area contributed by atoms with Gasteiger partial charge in [-0.25, -0.2) is 4.39 Å². The van der Waals surface area contributed by atoms with Gasteiger partial charge in [0.05, 0.1) is 0 Å². The molecule has 13 heteroatoms. The molecule has 1 aliphatic heterocycles. The highest BCUT2D eigenvalue weighted by atomic mass is 19.4. The van der Waals surface area contributed by atoms with Crippen LogP contribution in [0.15, 0.2) is 30.5 Å². The maximum Gasteiger partial charge on any atom is 0.417 e. The van der Waals surface area contributed by atoms with Crippen molar-refractivity contribution in [1.82, 2.24) is 4.98 Å². The van der Waals surface area contributed by atoms with Gasteiger partial charge in [-0.1, -0.05) is 13.0 Å². The summed E-state index contributed by atoms with van der Waals surface area (Å²) in [5.74, 6) is -8.57. The Labute approximate surface area is 220 Å². The summed E-state index contributed by atoms with van der Waals surface area (Å²) in [5, 5.41) is 2.39. The van der Waals surface area contributed by atoms with Crippen molar-refractivity contribution in [2.24, 2.45) is 17.6 Å². The molecule has 2 fully saturated rings. The number of carbonyl (C=O) groups is 3. The van der Waals surface area contributed by atoms with Crippen LogP contribution in [0.2, 0.25) is 0 Å². The van der Waals surface area contributed by atoms with Crippen molar-refractivity contribution in [2.45, 2.75) is 63.5 Å². The lowest BCUT2D eigenvalue weighted by Gasteiger charge is -2.35. The third kappa shape index (κ3) is 5.19. The van der Waals surface area contributed by atoms with Crippen LogP contribution >= 0.6 is 0 Å². The summed E-state index contributed by atoms with van der Waals surface area (Å²) in [6, 6.07) is 4.22. The van der Waals surface area contributed by atoms with Crippen molar-refractivity contribution in [3.63, 3.8) is 0 Å². The van der Waals surface area contributed by atoms with Gasteiger partial charge in [0.25, 0.3) is 11.8 Å². The Kier molecular flexibility index (Phi) is 7.41. The Balaban J connectivity index is 1.73. The Morgan fingerprint density at radius 3 is 2.44 bits per heavy atom. The number of aromatic nitrogens is 1. The van der Waals surface area contributed by atoms with Crippen LogP contribution in [-0.4, -0.2) is 46.6 Å². The second-order valence-electron chi connectivity index (χ2n) is 10.0. The first-order valence-electron chi connectivity index (χ1n) is 12.1. The largest absolute Gasteiger partial charge is 0.487 e. The number of ketones is 1. The van der Waals surface area contributed by atoms with Gasteiger partial charge in [-0.15, -0.1) is 0 Å². The van der Waals surface area contributed by atoms with E-state index < -0.39 is 65.0 Å². The number of amides is 2. The van der Waals surface area contributed by atoms with Gasteiger partial charge in [0, 0.05) is 35.2 Å². The van der Waals surface area contributed by atoms with E-state index in [4.69, 9.17) is 15.2 Å². The molecule has 0 radical (unpaired) electrons. The average Bonchev–Trinajstić information content (AvgIpc) is 3.10. The van der Waals surface area contributed by atoms with Crippen LogP contribution in [0.1, 0.15) is 55.6 Å². The zero-order chi connectivity index (χ0) is 28.9. The van der Waals surface area contributed by atoms with Gasteiger partial charge in [0.1, 0.15) is 23.7 Å².